The van der Waals surface area contributed by atoms with E-state index in [-0.39, 0.29) is 12.2 Å². The van der Waals surface area contributed by atoms with Crippen LogP contribution in [0.2, 0.25) is 0 Å². The second-order valence-electron chi connectivity index (χ2n) is 5.16. The molecule has 1 aromatic heterocycles. The highest BCUT2D eigenvalue weighted by Gasteiger charge is 2.64. The Morgan fingerprint density at radius 1 is 1.43 bits per heavy atom. The van der Waals surface area contributed by atoms with Crippen molar-refractivity contribution in [3.8, 4) is 0 Å². The zero-order valence-corrected chi connectivity index (χ0v) is 11.4. The van der Waals surface area contributed by atoms with Crippen LogP contribution < -0.4 is 0 Å². The summed E-state index contributed by atoms with van der Waals surface area (Å²) < 4.78 is 40.4. The van der Waals surface area contributed by atoms with Crippen LogP contribution in [0.25, 0.3) is 0 Å². The third-order valence-corrected chi connectivity index (χ3v) is 3.73. The molecule has 1 aliphatic rings. The van der Waals surface area contributed by atoms with E-state index < -0.39 is 36.4 Å². The molecule has 0 radical (unpaired) electrons. The fourth-order valence-electron chi connectivity index (χ4n) is 2.48. The molecule has 1 atom stereocenters. The Labute approximate surface area is 118 Å². The van der Waals surface area contributed by atoms with Gasteiger partial charge in [0.1, 0.15) is 5.69 Å². The summed E-state index contributed by atoms with van der Waals surface area (Å²) in [5, 5.41) is 12.9. The fraction of sp³-hybridized carbons (Fsp3) is 0.583. The Morgan fingerprint density at radius 2 is 2.05 bits per heavy atom. The Morgan fingerprint density at radius 3 is 2.43 bits per heavy atom. The van der Waals surface area contributed by atoms with Gasteiger partial charge in [0.2, 0.25) is 0 Å². The molecular weight excluding hydrogens is 291 g/mol. The van der Waals surface area contributed by atoms with Gasteiger partial charge in [-0.1, -0.05) is 0 Å². The first kappa shape index (κ1) is 15.3. The van der Waals surface area contributed by atoms with Gasteiger partial charge in [0.25, 0.3) is 5.91 Å². The highest BCUT2D eigenvalue weighted by Crippen LogP contribution is 2.45. The van der Waals surface area contributed by atoms with Gasteiger partial charge in [-0.05, 0) is 19.4 Å². The molecule has 21 heavy (non-hydrogen) atoms. The second-order valence-corrected chi connectivity index (χ2v) is 5.16. The molecule has 1 unspecified atom stereocenters. The molecule has 0 saturated carbocycles. The molecule has 0 aromatic carbocycles. The average molecular weight is 305 g/mol. The molecule has 1 fully saturated rings. The van der Waals surface area contributed by atoms with Gasteiger partial charge in [-0.2, -0.15) is 18.3 Å². The smallest absolute Gasteiger partial charge is 0.406 e. The van der Waals surface area contributed by atoms with Crippen molar-refractivity contribution in [1.29, 1.82) is 0 Å². The van der Waals surface area contributed by atoms with Crippen molar-refractivity contribution >= 4 is 11.9 Å². The van der Waals surface area contributed by atoms with Crippen molar-refractivity contribution in [1.82, 2.24) is 14.7 Å². The van der Waals surface area contributed by atoms with Crippen molar-refractivity contribution in [2.45, 2.75) is 19.5 Å². The minimum atomic E-state index is -4.91. The number of carbonyl (C=O) groups is 2. The quantitative estimate of drug-likeness (QED) is 0.891. The minimum Gasteiger partial charge on any atom is -0.481 e. The maximum atomic E-state index is 13.1. The van der Waals surface area contributed by atoms with Gasteiger partial charge in [0, 0.05) is 20.1 Å². The van der Waals surface area contributed by atoms with Gasteiger partial charge in [-0.25, -0.2) is 0 Å². The number of rotatable bonds is 2. The van der Waals surface area contributed by atoms with Gasteiger partial charge in [-0.3, -0.25) is 14.3 Å². The Kier molecular flexibility index (Phi) is 3.46. The van der Waals surface area contributed by atoms with E-state index in [1.54, 1.807) is 6.92 Å². The standard InChI is InChI=1S/C12H14F3N3O3/c1-7-5-8(17(2)16-7)9(19)18-4-3-11(6-18,10(20)21)12(13,14)15/h5H,3-4,6H2,1-2H3,(H,20,21). The topological polar surface area (TPSA) is 75.4 Å². The lowest BCUT2D eigenvalue weighted by molar-refractivity contribution is -0.227. The maximum absolute atomic E-state index is 13.1. The average Bonchev–Trinajstić information content (AvgIpc) is 2.92. The molecule has 2 heterocycles. The van der Waals surface area contributed by atoms with Crippen LogP contribution in [0.3, 0.4) is 0 Å². The molecule has 0 spiro atoms. The Bertz CT molecular complexity index is 596. The minimum absolute atomic E-state index is 0.135. The lowest BCUT2D eigenvalue weighted by atomic mass is 9.86. The van der Waals surface area contributed by atoms with E-state index in [4.69, 9.17) is 5.11 Å². The van der Waals surface area contributed by atoms with E-state index in [0.29, 0.717) is 5.69 Å². The van der Waals surface area contributed by atoms with Gasteiger partial charge in [0.05, 0.1) is 5.69 Å². The highest BCUT2D eigenvalue weighted by atomic mass is 19.4. The first-order valence-corrected chi connectivity index (χ1v) is 6.18. The van der Waals surface area contributed by atoms with Crippen molar-refractivity contribution in [2.24, 2.45) is 12.5 Å². The number of carboxylic acid groups (broad SMARTS) is 1. The lowest BCUT2D eigenvalue weighted by Gasteiger charge is -2.27. The van der Waals surface area contributed by atoms with E-state index in [1.807, 2.05) is 0 Å². The molecule has 0 aliphatic carbocycles. The Hall–Kier alpha value is -2.06. The van der Waals surface area contributed by atoms with Gasteiger partial charge in [-0.15, -0.1) is 0 Å². The largest absolute Gasteiger partial charge is 0.481 e. The van der Waals surface area contributed by atoms with Crippen molar-refractivity contribution < 1.29 is 27.9 Å². The summed E-state index contributed by atoms with van der Waals surface area (Å²) in [6, 6.07) is 1.46. The third kappa shape index (κ3) is 2.36. The molecule has 1 aromatic rings. The van der Waals surface area contributed by atoms with Crippen molar-refractivity contribution in [3.63, 3.8) is 0 Å². The molecule has 116 valence electrons. The molecule has 1 amide bonds. The van der Waals surface area contributed by atoms with Crippen LogP contribution in [-0.4, -0.2) is 50.9 Å². The lowest BCUT2D eigenvalue weighted by Crippen LogP contribution is -2.47. The van der Waals surface area contributed by atoms with Crippen LogP contribution >= 0.6 is 0 Å². The number of carboxylic acids is 1. The van der Waals surface area contributed by atoms with Crippen molar-refractivity contribution in [3.05, 3.63) is 17.5 Å². The van der Waals surface area contributed by atoms with Crippen LogP contribution in [0.4, 0.5) is 13.2 Å². The van der Waals surface area contributed by atoms with E-state index in [9.17, 15) is 22.8 Å². The number of halogens is 3. The van der Waals surface area contributed by atoms with Crippen LogP contribution in [0.15, 0.2) is 6.07 Å². The number of likely N-dealkylation sites (tertiary alicyclic amines) is 1. The number of aromatic nitrogens is 2. The summed E-state index contributed by atoms with van der Waals surface area (Å²) in [6.45, 7) is 0.516. The first-order valence-electron chi connectivity index (χ1n) is 6.18. The van der Waals surface area contributed by atoms with Crippen LogP contribution in [-0.2, 0) is 11.8 Å². The number of alkyl halides is 3. The van der Waals surface area contributed by atoms with Gasteiger partial charge >= 0.3 is 12.1 Å². The molecular formula is C12H14F3N3O3. The molecule has 1 saturated heterocycles. The molecule has 0 bridgehead atoms. The molecule has 1 N–H and O–H groups in total. The first-order chi connectivity index (χ1) is 9.58. The van der Waals surface area contributed by atoms with Gasteiger partial charge in [0.15, 0.2) is 5.41 Å². The maximum Gasteiger partial charge on any atom is 0.406 e. The Balaban J connectivity index is 2.28. The van der Waals surface area contributed by atoms with E-state index >= 15 is 0 Å². The fourth-order valence-corrected chi connectivity index (χ4v) is 2.48. The molecule has 9 heteroatoms. The van der Waals surface area contributed by atoms with E-state index in [0.717, 1.165) is 4.90 Å². The van der Waals surface area contributed by atoms with Gasteiger partial charge < -0.3 is 10.0 Å². The summed E-state index contributed by atoms with van der Waals surface area (Å²) in [7, 11) is 1.50. The number of amides is 1. The summed E-state index contributed by atoms with van der Waals surface area (Å²) in [6.07, 6.45) is -5.55. The zero-order valence-electron chi connectivity index (χ0n) is 11.4. The molecule has 1 aliphatic heterocycles. The van der Waals surface area contributed by atoms with Crippen LogP contribution in [0, 0.1) is 12.3 Å². The number of hydrogen-bond acceptors (Lipinski definition) is 3. The third-order valence-electron chi connectivity index (χ3n) is 3.73. The van der Waals surface area contributed by atoms with Crippen LogP contribution in [0.5, 0.6) is 0 Å². The van der Waals surface area contributed by atoms with Crippen molar-refractivity contribution in [2.75, 3.05) is 13.1 Å². The highest BCUT2D eigenvalue weighted by molar-refractivity contribution is 5.93. The second kappa shape index (κ2) is 4.74. The normalized spacial score (nSPS) is 22.6. The van der Waals surface area contributed by atoms with E-state index in [2.05, 4.69) is 5.10 Å². The molecule has 2 rings (SSSR count). The van der Waals surface area contributed by atoms with Crippen LogP contribution in [0.1, 0.15) is 22.6 Å². The monoisotopic (exact) mass is 305 g/mol. The summed E-state index contributed by atoms with van der Waals surface area (Å²) >= 11 is 0. The number of nitrogens with zero attached hydrogens (tertiary/aromatic N) is 3. The predicted molar refractivity (Wildman–Crippen MR) is 64.6 cm³/mol. The zero-order chi connectivity index (χ0) is 16.0. The summed E-state index contributed by atoms with van der Waals surface area (Å²) in [4.78, 5) is 24.2. The summed E-state index contributed by atoms with van der Waals surface area (Å²) in [5.74, 6) is -2.60. The number of carbonyl (C=O) groups excluding carboxylic acids is 1. The number of hydrogen-bond donors (Lipinski definition) is 1. The van der Waals surface area contributed by atoms with E-state index in [1.165, 1.54) is 17.8 Å². The predicted octanol–water partition coefficient (Wildman–Crippen LogP) is 1.21. The number of aliphatic carboxylic acids is 1. The number of aryl methyl sites for hydroxylation is 2. The SMILES string of the molecule is Cc1cc(C(=O)N2CCC(C(=O)O)(C(F)(F)F)C2)n(C)n1. The summed E-state index contributed by atoms with van der Waals surface area (Å²) in [5.41, 5.74) is -2.20. The molecule has 6 nitrogen and oxygen atoms in total.